The van der Waals surface area contributed by atoms with Crippen molar-refractivity contribution in [2.24, 2.45) is 0 Å². The maximum Gasteiger partial charge on any atom is 0.325 e. The molecular formula is C7H11N3O3. The van der Waals surface area contributed by atoms with Gasteiger partial charge in [-0.25, -0.2) is 4.79 Å². The van der Waals surface area contributed by atoms with Crippen molar-refractivity contribution in [3.8, 4) is 0 Å². The van der Waals surface area contributed by atoms with Gasteiger partial charge >= 0.3 is 6.03 Å². The number of imide groups is 1. The lowest BCUT2D eigenvalue weighted by molar-refractivity contribution is -0.129. The van der Waals surface area contributed by atoms with E-state index in [1.165, 1.54) is 9.80 Å². The fraction of sp³-hybridized carbons (Fsp3) is 0.571. The lowest BCUT2D eigenvalue weighted by atomic mass is 10.5. The molecule has 1 aliphatic heterocycles. The molecule has 0 spiro atoms. The molecule has 1 heterocycles. The van der Waals surface area contributed by atoms with Gasteiger partial charge in [0.1, 0.15) is 13.1 Å². The first-order valence-corrected chi connectivity index (χ1v) is 3.79. The molecule has 1 N–H and O–H groups in total. The minimum atomic E-state index is -0.500. The Morgan fingerprint density at radius 3 is 2.54 bits per heavy atom. The third kappa shape index (κ3) is 2.17. The van der Waals surface area contributed by atoms with Crippen LogP contribution in [0.5, 0.6) is 0 Å². The lowest BCUT2D eigenvalue weighted by Gasteiger charge is -2.15. The number of carbonyl (C=O) groups is 3. The Kier molecular flexibility index (Phi) is 2.50. The third-order valence-corrected chi connectivity index (χ3v) is 1.69. The predicted octanol–water partition coefficient (Wildman–Crippen LogP) is -1.37. The van der Waals surface area contributed by atoms with E-state index >= 15 is 0 Å². The quantitative estimate of drug-likeness (QED) is 0.539. The van der Waals surface area contributed by atoms with Gasteiger partial charge in [0.25, 0.3) is 0 Å². The molecule has 0 bridgehead atoms. The number of hydrogen-bond donors (Lipinski definition) is 1. The molecule has 0 atom stereocenters. The van der Waals surface area contributed by atoms with E-state index < -0.39 is 6.03 Å². The van der Waals surface area contributed by atoms with Gasteiger partial charge in [-0.2, -0.15) is 0 Å². The molecule has 1 saturated heterocycles. The van der Waals surface area contributed by atoms with Gasteiger partial charge in [0.15, 0.2) is 0 Å². The summed E-state index contributed by atoms with van der Waals surface area (Å²) in [4.78, 5) is 35.4. The second-order valence-electron chi connectivity index (χ2n) is 3.00. The minimum absolute atomic E-state index is 0.0294. The van der Waals surface area contributed by atoms with E-state index in [0.717, 1.165) is 0 Å². The van der Waals surface area contributed by atoms with Crippen molar-refractivity contribution in [1.29, 1.82) is 0 Å². The van der Waals surface area contributed by atoms with Crippen molar-refractivity contribution in [2.75, 3.05) is 27.2 Å². The van der Waals surface area contributed by atoms with Crippen LogP contribution < -0.4 is 5.32 Å². The SMILES string of the molecule is CN(C)C(=O)CN1CC(=O)NC1=O. The molecule has 0 aromatic rings. The van der Waals surface area contributed by atoms with Crippen molar-refractivity contribution in [2.45, 2.75) is 0 Å². The number of amides is 4. The summed E-state index contributed by atoms with van der Waals surface area (Å²) in [6.07, 6.45) is 0. The zero-order chi connectivity index (χ0) is 10.0. The van der Waals surface area contributed by atoms with E-state index in [-0.39, 0.29) is 24.9 Å². The molecule has 1 aliphatic rings. The van der Waals surface area contributed by atoms with Crippen molar-refractivity contribution in [3.63, 3.8) is 0 Å². The maximum atomic E-state index is 11.1. The molecule has 0 saturated carbocycles. The molecule has 0 radical (unpaired) electrons. The molecule has 6 heteroatoms. The van der Waals surface area contributed by atoms with Crippen molar-refractivity contribution >= 4 is 17.8 Å². The maximum absolute atomic E-state index is 11.1. The van der Waals surface area contributed by atoms with Gasteiger partial charge in [-0.15, -0.1) is 0 Å². The van der Waals surface area contributed by atoms with Gasteiger partial charge in [0.2, 0.25) is 11.8 Å². The molecule has 0 aliphatic carbocycles. The summed E-state index contributed by atoms with van der Waals surface area (Å²) in [6.45, 7) is -0.0804. The first-order chi connectivity index (χ1) is 6.00. The summed E-state index contributed by atoms with van der Waals surface area (Å²) in [5.41, 5.74) is 0. The van der Waals surface area contributed by atoms with E-state index in [9.17, 15) is 14.4 Å². The van der Waals surface area contributed by atoms with Gasteiger partial charge in [-0.3, -0.25) is 14.9 Å². The smallest absolute Gasteiger partial charge is 0.325 e. The second kappa shape index (κ2) is 3.42. The van der Waals surface area contributed by atoms with E-state index in [4.69, 9.17) is 0 Å². The van der Waals surface area contributed by atoms with Crippen LogP contribution in [0.2, 0.25) is 0 Å². The van der Waals surface area contributed by atoms with Crippen LogP contribution in [-0.2, 0) is 9.59 Å². The monoisotopic (exact) mass is 185 g/mol. The molecular weight excluding hydrogens is 174 g/mol. The molecule has 72 valence electrons. The summed E-state index contributed by atoms with van der Waals surface area (Å²) in [6, 6.07) is -0.500. The van der Waals surface area contributed by atoms with Gasteiger partial charge in [0.05, 0.1) is 0 Å². The van der Waals surface area contributed by atoms with E-state index in [2.05, 4.69) is 5.32 Å². The van der Waals surface area contributed by atoms with Crippen LogP contribution in [-0.4, -0.2) is 54.8 Å². The number of rotatable bonds is 2. The number of nitrogens with zero attached hydrogens (tertiary/aromatic N) is 2. The van der Waals surface area contributed by atoms with E-state index in [1.807, 2.05) is 0 Å². The molecule has 0 aromatic heterocycles. The Labute approximate surface area is 75.5 Å². The lowest BCUT2D eigenvalue weighted by Crippen LogP contribution is -2.38. The summed E-state index contributed by atoms with van der Waals surface area (Å²) in [5.74, 6) is -0.568. The molecule has 6 nitrogen and oxygen atoms in total. The molecule has 13 heavy (non-hydrogen) atoms. The highest BCUT2D eigenvalue weighted by molar-refractivity contribution is 6.03. The Morgan fingerprint density at radius 2 is 2.15 bits per heavy atom. The number of urea groups is 1. The molecule has 0 aromatic carbocycles. The highest BCUT2D eigenvalue weighted by Gasteiger charge is 2.28. The Morgan fingerprint density at radius 1 is 1.54 bits per heavy atom. The Bertz CT molecular complexity index is 262. The van der Waals surface area contributed by atoms with Crippen LogP contribution in [0.1, 0.15) is 0 Å². The topological polar surface area (TPSA) is 69.7 Å². The summed E-state index contributed by atoms with van der Waals surface area (Å²) >= 11 is 0. The number of likely N-dealkylation sites (N-methyl/N-ethyl adjacent to an activating group) is 1. The van der Waals surface area contributed by atoms with Crippen LogP contribution >= 0.6 is 0 Å². The summed E-state index contributed by atoms with van der Waals surface area (Å²) in [7, 11) is 3.19. The number of hydrogen-bond acceptors (Lipinski definition) is 3. The van der Waals surface area contributed by atoms with Gasteiger partial charge in [-0.05, 0) is 0 Å². The normalized spacial score (nSPS) is 16.0. The molecule has 1 fully saturated rings. The zero-order valence-electron chi connectivity index (χ0n) is 7.53. The van der Waals surface area contributed by atoms with Crippen LogP contribution in [0, 0.1) is 0 Å². The van der Waals surface area contributed by atoms with Crippen LogP contribution in [0.4, 0.5) is 4.79 Å². The van der Waals surface area contributed by atoms with E-state index in [1.54, 1.807) is 14.1 Å². The average Bonchev–Trinajstić information content (AvgIpc) is 2.30. The van der Waals surface area contributed by atoms with Crippen LogP contribution in [0.3, 0.4) is 0 Å². The highest BCUT2D eigenvalue weighted by atomic mass is 16.2. The largest absolute Gasteiger partial charge is 0.347 e. The molecule has 4 amide bonds. The molecule has 0 unspecified atom stereocenters. The van der Waals surface area contributed by atoms with Gasteiger partial charge in [-0.1, -0.05) is 0 Å². The Hall–Kier alpha value is -1.59. The van der Waals surface area contributed by atoms with Crippen molar-refractivity contribution in [1.82, 2.24) is 15.1 Å². The minimum Gasteiger partial charge on any atom is -0.347 e. The van der Waals surface area contributed by atoms with Crippen LogP contribution in [0.25, 0.3) is 0 Å². The number of carbonyl (C=O) groups excluding carboxylic acids is 3. The van der Waals surface area contributed by atoms with E-state index in [0.29, 0.717) is 0 Å². The highest BCUT2D eigenvalue weighted by Crippen LogP contribution is 1.98. The fourth-order valence-electron chi connectivity index (χ4n) is 0.915. The summed E-state index contributed by atoms with van der Waals surface area (Å²) in [5, 5.41) is 2.09. The third-order valence-electron chi connectivity index (χ3n) is 1.69. The fourth-order valence-corrected chi connectivity index (χ4v) is 0.915. The first-order valence-electron chi connectivity index (χ1n) is 3.79. The second-order valence-corrected chi connectivity index (χ2v) is 3.00. The Balaban J connectivity index is 2.51. The van der Waals surface area contributed by atoms with Crippen molar-refractivity contribution < 1.29 is 14.4 Å². The van der Waals surface area contributed by atoms with Gasteiger partial charge < -0.3 is 9.80 Å². The van der Waals surface area contributed by atoms with Crippen LogP contribution in [0.15, 0.2) is 0 Å². The van der Waals surface area contributed by atoms with Gasteiger partial charge in [0, 0.05) is 14.1 Å². The first kappa shape index (κ1) is 9.50. The average molecular weight is 185 g/mol. The van der Waals surface area contributed by atoms with Crippen molar-refractivity contribution in [3.05, 3.63) is 0 Å². The number of nitrogens with one attached hydrogen (secondary N) is 1. The summed E-state index contributed by atoms with van der Waals surface area (Å²) < 4.78 is 0. The standard InChI is InChI=1S/C7H11N3O3/c1-9(2)6(12)4-10-3-5(11)8-7(10)13/h3-4H2,1-2H3,(H,8,11,13). The zero-order valence-corrected chi connectivity index (χ0v) is 7.53. The molecule has 1 rings (SSSR count). The predicted molar refractivity (Wildman–Crippen MR) is 43.8 cm³/mol.